The van der Waals surface area contributed by atoms with Crippen molar-refractivity contribution in [3.05, 3.63) is 5.82 Å². The van der Waals surface area contributed by atoms with Crippen LogP contribution in [0.4, 0.5) is 11.5 Å². The molecule has 0 aliphatic heterocycles. The molecule has 106 valence electrons. The van der Waals surface area contributed by atoms with Gasteiger partial charge in [-0.2, -0.15) is 4.98 Å². The first-order chi connectivity index (χ1) is 9.11. The fourth-order valence-corrected chi connectivity index (χ4v) is 1.80. The molecule has 0 bridgehead atoms. The van der Waals surface area contributed by atoms with Gasteiger partial charge < -0.3 is 15.8 Å². The SMILES string of the molecule is CCCCOc1nc(C2CC2)nc(NC(C)C)c1N. The van der Waals surface area contributed by atoms with Gasteiger partial charge in [0.1, 0.15) is 11.5 Å². The van der Waals surface area contributed by atoms with Gasteiger partial charge >= 0.3 is 0 Å². The Morgan fingerprint density at radius 1 is 1.37 bits per heavy atom. The van der Waals surface area contributed by atoms with Crippen molar-refractivity contribution < 1.29 is 4.74 Å². The quantitative estimate of drug-likeness (QED) is 0.741. The van der Waals surface area contributed by atoms with Crippen molar-refractivity contribution in [1.82, 2.24) is 9.97 Å². The number of rotatable bonds is 7. The Morgan fingerprint density at radius 2 is 2.11 bits per heavy atom. The van der Waals surface area contributed by atoms with Crippen LogP contribution in [0.5, 0.6) is 5.88 Å². The molecule has 3 N–H and O–H groups in total. The molecule has 0 atom stereocenters. The number of nitrogen functional groups attached to an aromatic ring is 1. The topological polar surface area (TPSA) is 73.1 Å². The monoisotopic (exact) mass is 264 g/mol. The molecule has 1 aromatic rings. The molecule has 5 nitrogen and oxygen atoms in total. The van der Waals surface area contributed by atoms with Crippen LogP contribution in [-0.4, -0.2) is 22.6 Å². The van der Waals surface area contributed by atoms with Gasteiger partial charge in [0, 0.05) is 12.0 Å². The number of hydrogen-bond donors (Lipinski definition) is 2. The summed E-state index contributed by atoms with van der Waals surface area (Å²) in [6.45, 7) is 6.92. The summed E-state index contributed by atoms with van der Waals surface area (Å²) in [4.78, 5) is 9.01. The largest absolute Gasteiger partial charge is 0.476 e. The first kappa shape index (κ1) is 13.9. The lowest BCUT2D eigenvalue weighted by Gasteiger charge is -2.15. The molecule has 0 spiro atoms. The van der Waals surface area contributed by atoms with Crippen LogP contribution in [0.3, 0.4) is 0 Å². The van der Waals surface area contributed by atoms with Crippen molar-refractivity contribution >= 4 is 11.5 Å². The summed E-state index contributed by atoms with van der Waals surface area (Å²) in [6.07, 6.45) is 4.44. The van der Waals surface area contributed by atoms with Crippen molar-refractivity contribution in [3.8, 4) is 5.88 Å². The number of ether oxygens (including phenoxy) is 1. The fraction of sp³-hybridized carbons (Fsp3) is 0.714. The van der Waals surface area contributed by atoms with E-state index in [2.05, 4.69) is 36.1 Å². The highest BCUT2D eigenvalue weighted by Crippen LogP contribution is 2.40. The highest BCUT2D eigenvalue weighted by Gasteiger charge is 2.28. The summed E-state index contributed by atoms with van der Waals surface area (Å²) in [7, 11) is 0. The highest BCUT2D eigenvalue weighted by atomic mass is 16.5. The third-order valence-corrected chi connectivity index (χ3v) is 3.03. The molecule has 0 radical (unpaired) electrons. The van der Waals surface area contributed by atoms with Gasteiger partial charge in [-0.3, -0.25) is 0 Å². The van der Waals surface area contributed by atoms with Gasteiger partial charge in [0.05, 0.1) is 6.61 Å². The molecule has 1 heterocycles. The smallest absolute Gasteiger partial charge is 0.242 e. The Bertz CT molecular complexity index is 430. The van der Waals surface area contributed by atoms with Crippen LogP contribution in [0.1, 0.15) is 58.2 Å². The van der Waals surface area contributed by atoms with E-state index < -0.39 is 0 Å². The molecular formula is C14H24N4O. The zero-order valence-corrected chi connectivity index (χ0v) is 12.1. The van der Waals surface area contributed by atoms with E-state index in [4.69, 9.17) is 10.5 Å². The van der Waals surface area contributed by atoms with Gasteiger partial charge in [-0.05, 0) is 33.1 Å². The summed E-state index contributed by atoms with van der Waals surface area (Å²) >= 11 is 0. The lowest BCUT2D eigenvalue weighted by Crippen LogP contribution is -2.15. The minimum atomic E-state index is 0.285. The fourth-order valence-electron chi connectivity index (χ4n) is 1.80. The summed E-state index contributed by atoms with van der Waals surface area (Å²) < 4.78 is 5.70. The van der Waals surface area contributed by atoms with Gasteiger partial charge in [0.15, 0.2) is 5.82 Å². The molecule has 0 amide bonds. The molecule has 0 unspecified atom stereocenters. The maximum Gasteiger partial charge on any atom is 0.242 e. The van der Waals surface area contributed by atoms with Crippen molar-refractivity contribution in [2.75, 3.05) is 17.7 Å². The Balaban J connectivity index is 2.21. The van der Waals surface area contributed by atoms with Crippen molar-refractivity contribution in [2.45, 2.75) is 58.4 Å². The normalized spacial score (nSPS) is 14.7. The molecular weight excluding hydrogens is 240 g/mol. The minimum absolute atomic E-state index is 0.285. The standard InChI is InChI=1S/C14H24N4O/c1-4-5-8-19-14-11(15)13(16-9(2)3)17-12(18-14)10-6-7-10/h9-10H,4-8,15H2,1-3H3,(H,16,17,18). The number of hydrogen-bond acceptors (Lipinski definition) is 5. The highest BCUT2D eigenvalue weighted by molar-refractivity contribution is 5.67. The van der Waals surface area contributed by atoms with Crippen LogP contribution < -0.4 is 15.8 Å². The number of nitrogens with zero attached hydrogens (tertiary/aromatic N) is 2. The third kappa shape index (κ3) is 3.72. The second kappa shape index (κ2) is 6.08. The van der Waals surface area contributed by atoms with Gasteiger partial charge in [-0.25, -0.2) is 4.98 Å². The predicted octanol–water partition coefficient (Wildman–Crippen LogP) is 2.94. The molecule has 5 heteroatoms. The maximum absolute atomic E-state index is 6.09. The second-order valence-electron chi connectivity index (χ2n) is 5.42. The van der Waals surface area contributed by atoms with E-state index >= 15 is 0 Å². The molecule has 1 saturated carbocycles. The zero-order valence-electron chi connectivity index (χ0n) is 12.1. The van der Waals surface area contributed by atoms with Crippen molar-refractivity contribution in [3.63, 3.8) is 0 Å². The van der Waals surface area contributed by atoms with E-state index in [1.807, 2.05) is 0 Å². The maximum atomic E-state index is 6.09. The molecule has 1 fully saturated rings. The van der Waals surface area contributed by atoms with E-state index in [9.17, 15) is 0 Å². The Labute approximate surface area is 115 Å². The summed E-state index contributed by atoms with van der Waals surface area (Å²) in [5.41, 5.74) is 6.61. The minimum Gasteiger partial charge on any atom is -0.476 e. The second-order valence-corrected chi connectivity index (χ2v) is 5.42. The van der Waals surface area contributed by atoms with Crippen LogP contribution in [0.25, 0.3) is 0 Å². The summed E-state index contributed by atoms with van der Waals surface area (Å²) in [5, 5.41) is 3.27. The average Bonchev–Trinajstić information content (AvgIpc) is 3.17. The molecule has 1 aromatic heterocycles. The third-order valence-electron chi connectivity index (χ3n) is 3.03. The lowest BCUT2D eigenvalue weighted by atomic mass is 10.3. The number of nitrogens with one attached hydrogen (secondary N) is 1. The van der Waals surface area contributed by atoms with Crippen LogP contribution in [0.2, 0.25) is 0 Å². The first-order valence-electron chi connectivity index (χ1n) is 7.18. The van der Waals surface area contributed by atoms with E-state index in [0.29, 0.717) is 29.9 Å². The van der Waals surface area contributed by atoms with E-state index in [-0.39, 0.29) is 6.04 Å². The van der Waals surface area contributed by atoms with Gasteiger partial charge in [-0.1, -0.05) is 13.3 Å². The Kier molecular flexibility index (Phi) is 4.45. The van der Waals surface area contributed by atoms with Crippen molar-refractivity contribution in [1.29, 1.82) is 0 Å². The van der Waals surface area contributed by atoms with E-state index in [0.717, 1.165) is 18.7 Å². The van der Waals surface area contributed by atoms with E-state index in [1.54, 1.807) is 0 Å². The van der Waals surface area contributed by atoms with Crippen molar-refractivity contribution in [2.24, 2.45) is 0 Å². The van der Waals surface area contributed by atoms with Crippen LogP contribution in [-0.2, 0) is 0 Å². The molecule has 1 aliphatic rings. The Morgan fingerprint density at radius 3 is 2.68 bits per heavy atom. The number of aromatic nitrogens is 2. The predicted molar refractivity (Wildman–Crippen MR) is 77.6 cm³/mol. The number of nitrogens with two attached hydrogens (primary N) is 1. The van der Waals surface area contributed by atoms with Gasteiger partial charge in [-0.15, -0.1) is 0 Å². The summed E-state index contributed by atoms with van der Waals surface area (Å²) in [5.74, 6) is 2.59. The van der Waals surface area contributed by atoms with Crippen LogP contribution >= 0.6 is 0 Å². The first-order valence-corrected chi connectivity index (χ1v) is 7.18. The van der Waals surface area contributed by atoms with E-state index in [1.165, 1.54) is 12.8 Å². The molecule has 0 saturated heterocycles. The van der Waals surface area contributed by atoms with Gasteiger partial charge in [0.25, 0.3) is 0 Å². The Hall–Kier alpha value is -1.52. The molecule has 2 rings (SSSR count). The van der Waals surface area contributed by atoms with Crippen LogP contribution in [0.15, 0.2) is 0 Å². The molecule has 1 aliphatic carbocycles. The zero-order chi connectivity index (χ0) is 13.8. The molecule has 0 aromatic carbocycles. The lowest BCUT2D eigenvalue weighted by molar-refractivity contribution is 0.298. The number of unbranched alkanes of at least 4 members (excludes halogenated alkanes) is 1. The average molecular weight is 264 g/mol. The molecule has 19 heavy (non-hydrogen) atoms. The number of anilines is 2. The van der Waals surface area contributed by atoms with Crippen LogP contribution in [0, 0.1) is 0 Å². The van der Waals surface area contributed by atoms with Gasteiger partial charge in [0.2, 0.25) is 5.88 Å². The summed E-state index contributed by atoms with van der Waals surface area (Å²) in [6, 6.07) is 0.285.